The normalized spacial score (nSPS) is 22.9. The van der Waals surface area contributed by atoms with Gasteiger partial charge < -0.3 is 19.7 Å². The van der Waals surface area contributed by atoms with Gasteiger partial charge in [0.05, 0.1) is 6.61 Å². The van der Waals surface area contributed by atoms with Crippen molar-refractivity contribution in [3.05, 3.63) is 0 Å². The van der Waals surface area contributed by atoms with Crippen LogP contribution < -0.4 is 5.32 Å². The molecule has 0 amide bonds. The Morgan fingerprint density at radius 3 is 2.68 bits per heavy atom. The molecule has 4 nitrogen and oxygen atoms in total. The first kappa shape index (κ1) is 15.2. The van der Waals surface area contributed by atoms with E-state index in [1.54, 1.807) is 0 Å². The molecule has 2 fully saturated rings. The third-order valence-electron chi connectivity index (χ3n) is 4.38. The molecule has 1 heterocycles. The van der Waals surface area contributed by atoms with Gasteiger partial charge in [0.25, 0.3) is 0 Å². The molecule has 2 rings (SSSR count). The van der Waals surface area contributed by atoms with E-state index < -0.39 is 0 Å². The van der Waals surface area contributed by atoms with E-state index in [4.69, 9.17) is 9.47 Å². The molecule has 2 aliphatic rings. The highest BCUT2D eigenvalue weighted by molar-refractivity contribution is 4.86. The average molecular weight is 270 g/mol. The third kappa shape index (κ3) is 5.38. The summed E-state index contributed by atoms with van der Waals surface area (Å²) in [4.78, 5) is 2.43. The summed E-state index contributed by atoms with van der Waals surface area (Å²) < 4.78 is 11.2. The minimum Gasteiger partial charge on any atom is -0.381 e. The van der Waals surface area contributed by atoms with E-state index in [0.29, 0.717) is 5.41 Å². The Morgan fingerprint density at radius 2 is 2.05 bits per heavy atom. The van der Waals surface area contributed by atoms with Crippen LogP contribution in [0.3, 0.4) is 0 Å². The Kier molecular flexibility index (Phi) is 6.07. The molecule has 1 aliphatic heterocycles. The summed E-state index contributed by atoms with van der Waals surface area (Å²) in [5.74, 6) is 0.872. The monoisotopic (exact) mass is 270 g/mol. The van der Waals surface area contributed by atoms with E-state index in [2.05, 4.69) is 24.3 Å². The van der Waals surface area contributed by atoms with Crippen molar-refractivity contribution in [3.8, 4) is 0 Å². The van der Waals surface area contributed by atoms with Crippen LogP contribution in [0, 0.1) is 11.3 Å². The molecule has 0 aromatic carbocycles. The Bertz CT molecular complexity index is 245. The van der Waals surface area contributed by atoms with Crippen LogP contribution in [-0.2, 0) is 9.47 Å². The van der Waals surface area contributed by atoms with Crippen molar-refractivity contribution in [3.63, 3.8) is 0 Å². The molecule has 0 atom stereocenters. The standard InChI is InChI=1S/C15H30N2O2/c1-16-12-15(5-8-18-9-6-15)13-17(2)7-10-19-11-14-3-4-14/h14,16H,3-13H2,1-2H3. The molecule has 1 saturated carbocycles. The predicted molar refractivity (Wildman–Crippen MR) is 77.5 cm³/mol. The van der Waals surface area contributed by atoms with Gasteiger partial charge in [0.15, 0.2) is 0 Å². The summed E-state index contributed by atoms with van der Waals surface area (Å²) in [5, 5.41) is 3.36. The number of likely N-dealkylation sites (N-methyl/N-ethyl adjacent to an activating group) is 1. The fraction of sp³-hybridized carbons (Fsp3) is 1.00. The molecule has 0 aromatic heterocycles. The summed E-state index contributed by atoms with van der Waals surface area (Å²) in [6.07, 6.45) is 5.09. The first-order valence-corrected chi connectivity index (χ1v) is 7.73. The molecule has 0 radical (unpaired) electrons. The van der Waals surface area contributed by atoms with Gasteiger partial charge in [-0.25, -0.2) is 0 Å². The van der Waals surface area contributed by atoms with Gasteiger partial charge in [0.1, 0.15) is 0 Å². The molecule has 19 heavy (non-hydrogen) atoms. The average Bonchev–Trinajstić information content (AvgIpc) is 3.20. The van der Waals surface area contributed by atoms with Gasteiger partial charge >= 0.3 is 0 Å². The van der Waals surface area contributed by atoms with Crippen molar-refractivity contribution in [1.29, 1.82) is 0 Å². The Hall–Kier alpha value is -0.160. The molecule has 1 N–H and O–H groups in total. The summed E-state index contributed by atoms with van der Waals surface area (Å²) >= 11 is 0. The zero-order valence-corrected chi connectivity index (χ0v) is 12.6. The second-order valence-electron chi connectivity index (χ2n) is 6.40. The lowest BCUT2D eigenvalue weighted by molar-refractivity contribution is -0.00392. The summed E-state index contributed by atoms with van der Waals surface area (Å²) in [6, 6.07) is 0. The van der Waals surface area contributed by atoms with Gasteiger partial charge in [-0.15, -0.1) is 0 Å². The molecule has 0 aromatic rings. The van der Waals surface area contributed by atoms with Crippen molar-refractivity contribution in [2.75, 3.05) is 60.2 Å². The summed E-state index contributed by atoms with van der Waals surface area (Å²) in [6.45, 7) is 6.94. The van der Waals surface area contributed by atoms with Crippen LogP contribution in [0.5, 0.6) is 0 Å². The number of rotatable bonds is 9. The topological polar surface area (TPSA) is 33.7 Å². The Balaban J connectivity index is 1.66. The van der Waals surface area contributed by atoms with E-state index in [0.717, 1.165) is 52.0 Å². The Labute approximate surface area is 117 Å². The molecule has 0 unspecified atom stereocenters. The van der Waals surface area contributed by atoms with Crippen molar-refractivity contribution in [2.45, 2.75) is 25.7 Å². The van der Waals surface area contributed by atoms with Crippen LogP contribution in [0.25, 0.3) is 0 Å². The lowest BCUT2D eigenvalue weighted by Gasteiger charge is -2.40. The van der Waals surface area contributed by atoms with Crippen LogP contribution >= 0.6 is 0 Å². The van der Waals surface area contributed by atoms with E-state index in [9.17, 15) is 0 Å². The number of ether oxygens (including phenoxy) is 2. The first-order chi connectivity index (χ1) is 9.24. The SMILES string of the molecule is CNCC1(CN(C)CCOCC2CC2)CCOCC1. The van der Waals surface area contributed by atoms with Gasteiger partial charge in [-0.05, 0) is 51.1 Å². The number of nitrogens with one attached hydrogen (secondary N) is 1. The van der Waals surface area contributed by atoms with Gasteiger partial charge in [-0.1, -0.05) is 0 Å². The van der Waals surface area contributed by atoms with Crippen molar-refractivity contribution >= 4 is 0 Å². The summed E-state index contributed by atoms with van der Waals surface area (Å²) in [5.41, 5.74) is 0.387. The molecule has 4 heteroatoms. The zero-order chi connectivity index (χ0) is 13.6. The molecule has 0 bridgehead atoms. The van der Waals surface area contributed by atoms with Crippen molar-refractivity contribution in [2.24, 2.45) is 11.3 Å². The van der Waals surface area contributed by atoms with E-state index in [1.807, 2.05) is 0 Å². The van der Waals surface area contributed by atoms with Crippen LogP contribution in [0.15, 0.2) is 0 Å². The van der Waals surface area contributed by atoms with Gasteiger partial charge in [0.2, 0.25) is 0 Å². The van der Waals surface area contributed by atoms with Crippen LogP contribution in [0.2, 0.25) is 0 Å². The maximum atomic E-state index is 5.73. The maximum Gasteiger partial charge on any atom is 0.0593 e. The fourth-order valence-electron chi connectivity index (χ4n) is 2.98. The van der Waals surface area contributed by atoms with Gasteiger partial charge in [-0.2, -0.15) is 0 Å². The zero-order valence-electron chi connectivity index (χ0n) is 12.6. The number of hydrogen-bond donors (Lipinski definition) is 1. The number of nitrogens with zero attached hydrogens (tertiary/aromatic N) is 1. The third-order valence-corrected chi connectivity index (χ3v) is 4.38. The van der Waals surface area contributed by atoms with Crippen LogP contribution in [0.1, 0.15) is 25.7 Å². The second-order valence-corrected chi connectivity index (χ2v) is 6.40. The highest BCUT2D eigenvalue weighted by Gasteiger charge is 2.33. The minimum atomic E-state index is 0.387. The van der Waals surface area contributed by atoms with Crippen LogP contribution in [-0.4, -0.2) is 65.1 Å². The molecule has 1 saturated heterocycles. The lowest BCUT2D eigenvalue weighted by Crippen LogP contribution is -2.46. The first-order valence-electron chi connectivity index (χ1n) is 7.73. The van der Waals surface area contributed by atoms with Crippen molar-refractivity contribution < 1.29 is 9.47 Å². The second kappa shape index (κ2) is 7.58. The smallest absolute Gasteiger partial charge is 0.0593 e. The van der Waals surface area contributed by atoms with E-state index in [1.165, 1.54) is 25.7 Å². The van der Waals surface area contributed by atoms with Gasteiger partial charge in [0, 0.05) is 39.5 Å². The number of hydrogen-bond acceptors (Lipinski definition) is 4. The Morgan fingerprint density at radius 1 is 1.32 bits per heavy atom. The summed E-state index contributed by atoms with van der Waals surface area (Å²) in [7, 11) is 4.27. The molecular weight excluding hydrogens is 240 g/mol. The lowest BCUT2D eigenvalue weighted by atomic mass is 9.79. The molecule has 0 spiro atoms. The highest BCUT2D eigenvalue weighted by atomic mass is 16.5. The largest absolute Gasteiger partial charge is 0.381 e. The van der Waals surface area contributed by atoms with Crippen LogP contribution in [0.4, 0.5) is 0 Å². The van der Waals surface area contributed by atoms with Gasteiger partial charge in [-0.3, -0.25) is 0 Å². The quantitative estimate of drug-likeness (QED) is 0.642. The maximum absolute atomic E-state index is 5.73. The minimum absolute atomic E-state index is 0.387. The highest BCUT2D eigenvalue weighted by Crippen LogP contribution is 2.31. The fourth-order valence-corrected chi connectivity index (χ4v) is 2.98. The van der Waals surface area contributed by atoms with E-state index >= 15 is 0 Å². The molecular formula is C15H30N2O2. The van der Waals surface area contributed by atoms with E-state index in [-0.39, 0.29) is 0 Å². The predicted octanol–water partition coefficient (Wildman–Crippen LogP) is 1.36. The molecule has 1 aliphatic carbocycles. The molecule has 112 valence electrons. The van der Waals surface area contributed by atoms with Crippen molar-refractivity contribution in [1.82, 2.24) is 10.2 Å².